The largest absolute Gasteiger partial charge is 0.304 e. The lowest BCUT2D eigenvalue weighted by atomic mass is 9.95. The van der Waals surface area contributed by atoms with Gasteiger partial charge in [-0.3, -0.25) is 0 Å². The van der Waals surface area contributed by atoms with Crippen LogP contribution in [0.3, 0.4) is 0 Å². The Balaban J connectivity index is 1.72. The molecule has 100 valence electrons. The van der Waals surface area contributed by atoms with E-state index in [1.165, 1.54) is 25.7 Å². The zero-order chi connectivity index (χ0) is 13.0. The van der Waals surface area contributed by atoms with E-state index in [0.717, 1.165) is 28.8 Å². The lowest BCUT2D eigenvalue weighted by molar-refractivity contribution is -0.659. The number of aromatic nitrogens is 4. The summed E-state index contributed by atoms with van der Waals surface area (Å²) in [5.74, 6) is 2.92. The third-order valence-corrected chi connectivity index (χ3v) is 4.90. The predicted octanol–water partition coefficient (Wildman–Crippen LogP) is 1.39. The maximum atomic E-state index is 4.50. The molecule has 2 fully saturated rings. The van der Waals surface area contributed by atoms with Crippen molar-refractivity contribution in [3.63, 3.8) is 0 Å². The first-order chi connectivity index (χ1) is 9.22. The molecule has 19 heavy (non-hydrogen) atoms. The van der Waals surface area contributed by atoms with Crippen molar-refractivity contribution in [3.8, 4) is 0 Å². The van der Waals surface area contributed by atoms with E-state index in [0.29, 0.717) is 6.04 Å². The van der Waals surface area contributed by atoms with E-state index in [2.05, 4.69) is 19.9 Å². The monoisotopic (exact) mass is 258 g/mol. The van der Waals surface area contributed by atoms with Crippen molar-refractivity contribution in [2.24, 2.45) is 25.9 Å². The lowest BCUT2D eigenvalue weighted by Gasteiger charge is -2.21. The quantitative estimate of drug-likeness (QED) is 0.828. The SMILES string of the molecule is Cn1cnc2c(NC3C[C@H]4CC[C@@H]3C4)[n+](C)cnc21. The van der Waals surface area contributed by atoms with Crippen molar-refractivity contribution < 1.29 is 4.57 Å². The number of nitrogens with zero attached hydrogens (tertiary/aromatic N) is 4. The summed E-state index contributed by atoms with van der Waals surface area (Å²) in [6.45, 7) is 0. The molecule has 5 nitrogen and oxygen atoms in total. The first-order valence-electron chi connectivity index (χ1n) is 7.14. The predicted molar refractivity (Wildman–Crippen MR) is 72.5 cm³/mol. The zero-order valence-corrected chi connectivity index (χ0v) is 11.5. The van der Waals surface area contributed by atoms with Gasteiger partial charge in [0, 0.05) is 7.05 Å². The maximum Gasteiger partial charge on any atom is 0.253 e. The number of nitrogens with one attached hydrogen (secondary N) is 1. The summed E-state index contributed by atoms with van der Waals surface area (Å²) < 4.78 is 4.03. The van der Waals surface area contributed by atoms with Crippen molar-refractivity contribution >= 4 is 17.0 Å². The zero-order valence-electron chi connectivity index (χ0n) is 11.5. The molecule has 2 aliphatic carbocycles. The Morgan fingerprint density at radius 3 is 2.95 bits per heavy atom. The van der Waals surface area contributed by atoms with Gasteiger partial charge in [-0.1, -0.05) is 4.98 Å². The molecule has 2 saturated carbocycles. The van der Waals surface area contributed by atoms with E-state index in [-0.39, 0.29) is 0 Å². The molecule has 0 amide bonds. The molecule has 5 heteroatoms. The van der Waals surface area contributed by atoms with Crippen LogP contribution in [0.15, 0.2) is 12.7 Å². The van der Waals surface area contributed by atoms with Gasteiger partial charge in [-0.05, 0) is 37.5 Å². The molecule has 0 spiro atoms. The molecule has 1 N–H and O–H groups in total. The standard InChI is InChI=1S/C14H19N5/c1-18-7-15-12-13(18)16-8-19(2)14(12)17-11-6-9-3-4-10(11)5-9/h7-11H,3-6H2,1-2H3/p+1/t9-,10+,11?/m0/s1. The second-order valence-electron chi connectivity index (χ2n) is 6.16. The molecule has 2 heterocycles. The molecule has 3 atom stereocenters. The number of rotatable bonds is 2. The smallest absolute Gasteiger partial charge is 0.253 e. The first kappa shape index (κ1) is 11.2. The lowest BCUT2D eigenvalue weighted by Crippen LogP contribution is -2.38. The van der Waals surface area contributed by atoms with Crippen LogP contribution in [0.25, 0.3) is 11.2 Å². The van der Waals surface area contributed by atoms with Gasteiger partial charge in [0.05, 0.1) is 19.4 Å². The number of anilines is 1. The molecule has 2 aromatic rings. The Hall–Kier alpha value is -1.65. The molecule has 0 aliphatic heterocycles. The molecule has 0 saturated heterocycles. The molecule has 0 aromatic carbocycles. The van der Waals surface area contributed by atoms with E-state index < -0.39 is 0 Å². The Bertz CT molecular complexity index is 632. The summed E-state index contributed by atoms with van der Waals surface area (Å²) in [6, 6.07) is 0.623. The fourth-order valence-electron chi connectivity index (χ4n) is 3.88. The van der Waals surface area contributed by atoms with Crippen molar-refractivity contribution in [2.75, 3.05) is 5.32 Å². The number of aryl methyl sites for hydroxylation is 2. The highest BCUT2D eigenvalue weighted by molar-refractivity contribution is 5.80. The van der Waals surface area contributed by atoms with Crippen molar-refractivity contribution in [2.45, 2.75) is 31.7 Å². The van der Waals surface area contributed by atoms with Crippen LogP contribution in [-0.4, -0.2) is 20.6 Å². The van der Waals surface area contributed by atoms with Gasteiger partial charge in [0.2, 0.25) is 12.0 Å². The summed E-state index contributed by atoms with van der Waals surface area (Å²) in [5.41, 5.74) is 1.93. The van der Waals surface area contributed by atoms with E-state index in [1.54, 1.807) is 0 Å². The Kier molecular flexibility index (Phi) is 2.31. The Morgan fingerprint density at radius 1 is 1.32 bits per heavy atom. The van der Waals surface area contributed by atoms with E-state index in [9.17, 15) is 0 Å². The van der Waals surface area contributed by atoms with Gasteiger partial charge in [0.15, 0.2) is 5.52 Å². The molecular formula is C14H20N5+. The molecule has 2 aromatic heterocycles. The van der Waals surface area contributed by atoms with Crippen LogP contribution in [0.1, 0.15) is 25.7 Å². The highest BCUT2D eigenvalue weighted by atomic mass is 15.2. The summed E-state index contributed by atoms with van der Waals surface area (Å²) >= 11 is 0. The first-order valence-corrected chi connectivity index (χ1v) is 7.14. The van der Waals surface area contributed by atoms with Gasteiger partial charge in [-0.25, -0.2) is 9.55 Å². The molecule has 2 bridgehead atoms. The Morgan fingerprint density at radius 2 is 2.21 bits per heavy atom. The molecule has 4 rings (SSSR count). The van der Waals surface area contributed by atoms with Crippen molar-refractivity contribution in [3.05, 3.63) is 12.7 Å². The van der Waals surface area contributed by atoms with Crippen molar-refractivity contribution in [1.29, 1.82) is 0 Å². The minimum Gasteiger partial charge on any atom is -0.304 e. The average molecular weight is 258 g/mol. The number of hydrogen-bond donors (Lipinski definition) is 1. The molecular weight excluding hydrogens is 238 g/mol. The van der Waals surface area contributed by atoms with E-state index in [1.807, 2.05) is 31.3 Å². The van der Waals surface area contributed by atoms with Crippen LogP contribution >= 0.6 is 0 Å². The number of fused-ring (bicyclic) bond motifs is 3. The van der Waals surface area contributed by atoms with Crippen LogP contribution in [-0.2, 0) is 14.1 Å². The summed E-state index contributed by atoms with van der Waals surface area (Å²) in [5, 5.41) is 3.74. The molecule has 1 unspecified atom stereocenters. The molecule has 0 radical (unpaired) electrons. The third-order valence-electron chi connectivity index (χ3n) is 4.90. The second-order valence-corrected chi connectivity index (χ2v) is 6.16. The van der Waals surface area contributed by atoms with Crippen LogP contribution in [0.4, 0.5) is 5.82 Å². The van der Waals surface area contributed by atoms with Gasteiger partial charge >= 0.3 is 0 Å². The van der Waals surface area contributed by atoms with E-state index >= 15 is 0 Å². The van der Waals surface area contributed by atoms with Crippen LogP contribution < -0.4 is 9.88 Å². The van der Waals surface area contributed by atoms with Crippen LogP contribution in [0, 0.1) is 11.8 Å². The maximum absolute atomic E-state index is 4.50. The number of hydrogen-bond acceptors (Lipinski definition) is 3. The van der Waals surface area contributed by atoms with Crippen LogP contribution in [0.5, 0.6) is 0 Å². The van der Waals surface area contributed by atoms with Gasteiger partial charge < -0.3 is 9.88 Å². The molecule has 2 aliphatic rings. The van der Waals surface area contributed by atoms with Crippen LogP contribution in [0.2, 0.25) is 0 Å². The van der Waals surface area contributed by atoms with Gasteiger partial charge in [0.1, 0.15) is 0 Å². The minimum atomic E-state index is 0.623. The third kappa shape index (κ3) is 1.64. The number of imidazole rings is 1. The topological polar surface area (TPSA) is 46.6 Å². The fourth-order valence-corrected chi connectivity index (χ4v) is 3.88. The summed E-state index contributed by atoms with van der Waals surface area (Å²) in [7, 11) is 4.03. The van der Waals surface area contributed by atoms with Crippen molar-refractivity contribution in [1.82, 2.24) is 14.5 Å². The second kappa shape index (κ2) is 3.92. The minimum absolute atomic E-state index is 0.623. The summed E-state index contributed by atoms with van der Waals surface area (Å²) in [4.78, 5) is 8.95. The van der Waals surface area contributed by atoms with Gasteiger partial charge in [-0.15, -0.1) is 0 Å². The van der Waals surface area contributed by atoms with Gasteiger partial charge in [-0.2, -0.15) is 0 Å². The highest BCUT2D eigenvalue weighted by Gasteiger charge is 2.41. The van der Waals surface area contributed by atoms with Gasteiger partial charge in [0.25, 0.3) is 5.82 Å². The Labute approximate surface area is 112 Å². The summed E-state index contributed by atoms with van der Waals surface area (Å²) in [6.07, 6.45) is 9.27. The highest BCUT2D eigenvalue weighted by Crippen LogP contribution is 2.45. The normalized spacial score (nSPS) is 29.3. The fraction of sp³-hybridized carbons (Fsp3) is 0.643. The average Bonchev–Trinajstić information content (AvgIpc) is 3.08. The van der Waals surface area contributed by atoms with E-state index in [4.69, 9.17) is 0 Å².